The molecule has 1 aliphatic heterocycles. The second kappa shape index (κ2) is 7.51. The lowest BCUT2D eigenvalue weighted by Crippen LogP contribution is -2.39. The quantitative estimate of drug-likeness (QED) is 0.859. The number of nitrogens with zero attached hydrogens (tertiary/aromatic N) is 1. The van der Waals surface area contributed by atoms with Crippen LogP contribution in [0.3, 0.4) is 0 Å². The van der Waals surface area contributed by atoms with Crippen molar-refractivity contribution < 1.29 is 4.79 Å². The van der Waals surface area contributed by atoms with Gasteiger partial charge < -0.3 is 10.6 Å². The molecule has 1 unspecified atom stereocenters. The topological polar surface area (TPSA) is 46.3 Å². The van der Waals surface area contributed by atoms with E-state index < -0.39 is 0 Å². The molecule has 23 heavy (non-hydrogen) atoms. The van der Waals surface area contributed by atoms with E-state index in [4.69, 9.17) is 5.73 Å². The molecule has 0 saturated carbocycles. The van der Waals surface area contributed by atoms with E-state index in [1.165, 1.54) is 0 Å². The standard InChI is InChI=1S/C19H22N2O.ClH/c1-2-15(14-8-4-3-5-9-14)19(22)21-13-7-10-16-17(20)11-6-12-18(16)21;/h3-6,8-9,11-12,15H,2,7,10,13,20H2,1H3;1H. The summed E-state index contributed by atoms with van der Waals surface area (Å²) in [4.78, 5) is 15.0. The highest BCUT2D eigenvalue weighted by Gasteiger charge is 2.29. The van der Waals surface area contributed by atoms with E-state index in [0.29, 0.717) is 0 Å². The Hall–Kier alpha value is -2.00. The molecule has 1 amide bonds. The summed E-state index contributed by atoms with van der Waals surface area (Å²) in [5.41, 5.74) is 10.1. The largest absolute Gasteiger partial charge is 0.398 e. The van der Waals surface area contributed by atoms with E-state index in [9.17, 15) is 4.79 Å². The second-order valence-electron chi connectivity index (χ2n) is 5.81. The van der Waals surface area contributed by atoms with Gasteiger partial charge >= 0.3 is 0 Å². The van der Waals surface area contributed by atoms with Gasteiger partial charge in [0.05, 0.1) is 5.92 Å². The Morgan fingerprint density at radius 3 is 2.61 bits per heavy atom. The number of nitrogens with two attached hydrogens (primary N) is 1. The van der Waals surface area contributed by atoms with Gasteiger partial charge in [-0.2, -0.15) is 0 Å². The summed E-state index contributed by atoms with van der Waals surface area (Å²) in [6.45, 7) is 2.85. The zero-order valence-corrected chi connectivity index (χ0v) is 14.2. The molecule has 0 aromatic heterocycles. The predicted molar refractivity (Wildman–Crippen MR) is 98.3 cm³/mol. The van der Waals surface area contributed by atoms with Crippen molar-refractivity contribution in [1.29, 1.82) is 0 Å². The fourth-order valence-corrected chi connectivity index (χ4v) is 3.31. The molecule has 0 radical (unpaired) electrons. The number of benzene rings is 2. The van der Waals surface area contributed by atoms with Gasteiger partial charge in [0.1, 0.15) is 0 Å². The van der Waals surface area contributed by atoms with Gasteiger partial charge in [0.15, 0.2) is 0 Å². The summed E-state index contributed by atoms with van der Waals surface area (Å²) >= 11 is 0. The van der Waals surface area contributed by atoms with Gasteiger partial charge in [-0.25, -0.2) is 0 Å². The fourth-order valence-electron chi connectivity index (χ4n) is 3.31. The second-order valence-corrected chi connectivity index (χ2v) is 5.81. The first-order valence-corrected chi connectivity index (χ1v) is 7.96. The normalized spacial score (nSPS) is 14.6. The molecule has 122 valence electrons. The maximum Gasteiger partial charge on any atom is 0.234 e. The molecular weight excluding hydrogens is 308 g/mol. The number of anilines is 2. The summed E-state index contributed by atoms with van der Waals surface area (Å²) in [5, 5.41) is 0. The third-order valence-corrected chi connectivity index (χ3v) is 4.46. The number of carbonyl (C=O) groups excluding carboxylic acids is 1. The van der Waals surface area contributed by atoms with Crippen LogP contribution in [0.5, 0.6) is 0 Å². The molecule has 4 heteroatoms. The Balaban J connectivity index is 0.00000192. The van der Waals surface area contributed by atoms with Crippen LogP contribution in [0.15, 0.2) is 48.5 Å². The molecule has 0 aliphatic carbocycles. The molecule has 2 aromatic rings. The van der Waals surface area contributed by atoms with Crippen molar-refractivity contribution in [2.24, 2.45) is 0 Å². The number of nitrogen functional groups attached to an aromatic ring is 1. The lowest BCUT2D eigenvalue weighted by Gasteiger charge is -2.33. The molecule has 1 atom stereocenters. The van der Waals surface area contributed by atoms with Gasteiger partial charge in [-0.05, 0) is 42.5 Å². The number of carbonyl (C=O) groups is 1. The maximum absolute atomic E-state index is 13.1. The minimum absolute atomic E-state index is 0. The Labute approximate surface area is 143 Å². The minimum Gasteiger partial charge on any atom is -0.398 e. The average molecular weight is 331 g/mol. The van der Waals surface area contributed by atoms with Crippen LogP contribution in [0.2, 0.25) is 0 Å². The first-order chi connectivity index (χ1) is 10.7. The van der Waals surface area contributed by atoms with Crippen LogP contribution in [0.25, 0.3) is 0 Å². The summed E-state index contributed by atoms with van der Waals surface area (Å²) in [5.74, 6) is 0.0915. The highest BCUT2D eigenvalue weighted by atomic mass is 35.5. The predicted octanol–water partition coefficient (Wildman–Crippen LogP) is 4.16. The molecular formula is C19H23ClN2O. The van der Waals surface area contributed by atoms with E-state index >= 15 is 0 Å². The Morgan fingerprint density at radius 1 is 1.17 bits per heavy atom. The third kappa shape index (κ3) is 3.35. The average Bonchev–Trinajstić information content (AvgIpc) is 2.56. The molecule has 0 fully saturated rings. The van der Waals surface area contributed by atoms with Crippen molar-refractivity contribution in [3.63, 3.8) is 0 Å². The number of rotatable bonds is 3. The lowest BCUT2D eigenvalue weighted by atomic mass is 9.92. The highest BCUT2D eigenvalue weighted by molar-refractivity contribution is 5.99. The van der Waals surface area contributed by atoms with Gasteiger partial charge in [0, 0.05) is 17.9 Å². The van der Waals surface area contributed by atoms with Crippen molar-refractivity contribution in [2.75, 3.05) is 17.2 Å². The SMILES string of the molecule is CCC(C(=O)N1CCCc2c(N)cccc21)c1ccccc1.Cl. The summed E-state index contributed by atoms with van der Waals surface area (Å²) in [6.07, 6.45) is 2.73. The Morgan fingerprint density at radius 2 is 1.91 bits per heavy atom. The van der Waals surface area contributed by atoms with Gasteiger partial charge in [-0.15, -0.1) is 12.4 Å². The third-order valence-electron chi connectivity index (χ3n) is 4.46. The molecule has 0 spiro atoms. The van der Waals surface area contributed by atoms with Gasteiger partial charge in [-0.3, -0.25) is 4.79 Å². The van der Waals surface area contributed by atoms with Crippen LogP contribution >= 0.6 is 12.4 Å². The van der Waals surface area contributed by atoms with Crippen LogP contribution in [-0.2, 0) is 11.2 Å². The monoisotopic (exact) mass is 330 g/mol. The Kier molecular flexibility index (Phi) is 5.67. The molecule has 2 N–H and O–H groups in total. The van der Waals surface area contributed by atoms with Gasteiger partial charge in [0.2, 0.25) is 5.91 Å². The van der Waals surface area contributed by atoms with E-state index in [0.717, 1.165) is 48.3 Å². The number of fused-ring (bicyclic) bond motifs is 1. The van der Waals surface area contributed by atoms with Gasteiger partial charge in [0.25, 0.3) is 0 Å². The number of halogens is 1. The fraction of sp³-hybridized carbons (Fsp3) is 0.316. The molecule has 3 rings (SSSR count). The van der Waals surface area contributed by atoms with Crippen LogP contribution in [0.1, 0.15) is 36.8 Å². The maximum atomic E-state index is 13.1. The first-order valence-electron chi connectivity index (χ1n) is 7.96. The zero-order valence-electron chi connectivity index (χ0n) is 13.4. The molecule has 0 bridgehead atoms. The summed E-state index contributed by atoms with van der Waals surface area (Å²) < 4.78 is 0. The van der Waals surface area contributed by atoms with Crippen LogP contribution in [0.4, 0.5) is 11.4 Å². The Bertz CT molecular complexity index is 672. The van der Waals surface area contributed by atoms with Crippen molar-refractivity contribution in [3.05, 3.63) is 59.7 Å². The van der Waals surface area contributed by atoms with Crippen LogP contribution < -0.4 is 10.6 Å². The first kappa shape index (κ1) is 17.4. The molecule has 2 aromatic carbocycles. The van der Waals surface area contributed by atoms with Crippen LogP contribution in [-0.4, -0.2) is 12.5 Å². The summed E-state index contributed by atoms with van der Waals surface area (Å²) in [7, 11) is 0. The molecule has 1 heterocycles. The smallest absolute Gasteiger partial charge is 0.234 e. The van der Waals surface area contributed by atoms with E-state index in [-0.39, 0.29) is 24.2 Å². The van der Waals surface area contributed by atoms with E-state index in [1.54, 1.807) is 0 Å². The van der Waals surface area contributed by atoms with Crippen molar-refractivity contribution in [2.45, 2.75) is 32.1 Å². The van der Waals surface area contributed by atoms with Crippen molar-refractivity contribution in [3.8, 4) is 0 Å². The van der Waals surface area contributed by atoms with E-state index in [1.807, 2.05) is 53.4 Å². The number of hydrogen-bond acceptors (Lipinski definition) is 2. The van der Waals surface area contributed by atoms with Crippen molar-refractivity contribution >= 4 is 29.7 Å². The van der Waals surface area contributed by atoms with Gasteiger partial charge in [-0.1, -0.05) is 43.3 Å². The summed E-state index contributed by atoms with van der Waals surface area (Å²) in [6, 6.07) is 15.9. The zero-order chi connectivity index (χ0) is 15.5. The molecule has 3 nitrogen and oxygen atoms in total. The minimum atomic E-state index is -0.0893. The molecule has 1 aliphatic rings. The number of amides is 1. The van der Waals surface area contributed by atoms with Crippen LogP contribution in [0, 0.1) is 0 Å². The van der Waals surface area contributed by atoms with Crippen molar-refractivity contribution in [1.82, 2.24) is 0 Å². The lowest BCUT2D eigenvalue weighted by molar-refractivity contribution is -0.120. The highest BCUT2D eigenvalue weighted by Crippen LogP contribution is 2.34. The molecule has 0 saturated heterocycles. The number of hydrogen-bond donors (Lipinski definition) is 1. The van der Waals surface area contributed by atoms with E-state index in [2.05, 4.69) is 6.92 Å².